The molecule has 2 aliphatic heterocycles. The topological polar surface area (TPSA) is 61.2 Å². The van der Waals surface area contributed by atoms with Gasteiger partial charge in [0.25, 0.3) is 0 Å². The molecule has 0 aliphatic carbocycles. The Hall–Kier alpha value is -0.980. The van der Waals surface area contributed by atoms with Crippen molar-refractivity contribution >= 4 is 0 Å². The second-order valence-electron chi connectivity index (χ2n) is 7.21. The van der Waals surface area contributed by atoms with Gasteiger partial charge in [-0.1, -0.05) is 0 Å². The van der Waals surface area contributed by atoms with Crippen molar-refractivity contribution in [1.29, 1.82) is 0 Å². The number of hydrogen-bond acceptors (Lipinski definition) is 5. The molecule has 0 aromatic carbocycles. The third-order valence-electron chi connectivity index (χ3n) is 4.30. The van der Waals surface area contributed by atoms with Crippen molar-refractivity contribution in [2.24, 2.45) is 0 Å². The van der Waals surface area contributed by atoms with E-state index in [1.807, 2.05) is 0 Å². The third kappa shape index (κ3) is 3.44. The molecule has 0 amide bonds. The molecule has 2 atom stereocenters. The fourth-order valence-electron chi connectivity index (χ4n) is 3.12. The van der Waals surface area contributed by atoms with Gasteiger partial charge in [0.2, 0.25) is 0 Å². The average molecular weight is 294 g/mol. The van der Waals surface area contributed by atoms with Crippen molar-refractivity contribution in [3.63, 3.8) is 0 Å². The molecule has 2 unspecified atom stereocenters. The van der Waals surface area contributed by atoms with Gasteiger partial charge in [-0.15, -0.1) is 0 Å². The summed E-state index contributed by atoms with van der Waals surface area (Å²) in [6.07, 6.45) is 4.62. The molecule has 1 N–H and O–H groups in total. The second kappa shape index (κ2) is 5.66. The number of nitrogens with one attached hydrogen (secondary N) is 1. The largest absolute Gasteiger partial charge is 0.378 e. The van der Waals surface area contributed by atoms with E-state index in [1.54, 1.807) is 6.33 Å². The number of rotatable bonds is 3. The Kier molecular flexibility index (Phi) is 4.03. The third-order valence-corrected chi connectivity index (χ3v) is 4.30. The van der Waals surface area contributed by atoms with Crippen LogP contribution in [0, 0.1) is 0 Å². The lowest BCUT2D eigenvalue weighted by atomic mass is 9.90. The van der Waals surface area contributed by atoms with Gasteiger partial charge in [-0.3, -0.25) is 0 Å². The summed E-state index contributed by atoms with van der Waals surface area (Å²) in [5, 5.41) is 7.95. The van der Waals surface area contributed by atoms with E-state index in [-0.39, 0.29) is 11.1 Å². The molecule has 0 saturated carbocycles. The van der Waals surface area contributed by atoms with E-state index in [0.717, 1.165) is 44.8 Å². The summed E-state index contributed by atoms with van der Waals surface area (Å²) in [6, 6.07) is 0.361. The molecule has 2 saturated heterocycles. The maximum absolute atomic E-state index is 6.01. The molecule has 3 rings (SSSR count). The van der Waals surface area contributed by atoms with Gasteiger partial charge in [-0.2, -0.15) is 5.10 Å². The summed E-state index contributed by atoms with van der Waals surface area (Å²) >= 11 is 0. The van der Waals surface area contributed by atoms with Gasteiger partial charge in [-0.25, -0.2) is 9.67 Å². The zero-order valence-electron chi connectivity index (χ0n) is 13.3. The van der Waals surface area contributed by atoms with Crippen LogP contribution in [0.15, 0.2) is 6.33 Å². The Labute approximate surface area is 126 Å². The summed E-state index contributed by atoms with van der Waals surface area (Å²) in [4.78, 5) is 4.43. The van der Waals surface area contributed by atoms with Crippen molar-refractivity contribution < 1.29 is 9.47 Å². The number of ether oxygens (including phenoxy) is 2. The Morgan fingerprint density at radius 1 is 1.43 bits per heavy atom. The molecule has 6 nitrogen and oxygen atoms in total. The predicted molar refractivity (Wildman–Crippen MR) is 79.0 cm³/mol. The van der Waals surface area contributed by atoms with Gasteiger partial charge in [0.05, 0.1) is 24.8 Å². The maximum Gasteiger partial charge on any atom is 0.141 e. The minimum Gasteiger partial charge on any atom is -0.378 e. The van der Waals surface area contributed by atoms with Crippen LogP contribution in [0.3, 0.4) is 0 Å². The van der Waals surface area contributed by atoms with Gasteiger partial charge >= 0.3 is 0 Å². The monoisotopic (exact) mass is 294 g/mol. The summed E-state index contributed by atoms with van der Waals surface area (Å²) in [6.45, 7) is 9.52. The minimum atomic E-state index is -0.0937. The van der Waals surface area contributed by atoms with Crippen LogP contribution in [0.4, 0.5) is 0 Å². The molecule has 1 spiro atoms. The van der Waals surface area contributed by atoms with E-state index in [1.165, 1.54) is 0 Å². The van der Waals surface area contributed by atoms with Gasteiger partial charge in [-0.05, 0) is 27.2 Å². The standard InChI is InChI=1S/C15H26N4O2/c1-14(2,3)17-9-13-16-11-18-19(13)12-4-6-21-15(8-12)5-7-20-10-15/h11-12,17H,4-10H2,1-3H3. The zero-order chi connectivity index (χ0) is 14.9. The first-order chi connectivity index (χ1) is 9.98. The summed E-state index contributed by atoms with van der Waals surface area (Å²) < 4.78 is 13.6. The molecular weight excluding hydrogens is 268 g/mol. The van der Waals surface area contributed by atoms with E-state index in [0.29, 0.717) is 12.6 Å². The molecule has 3 heterocycles. The number of aromatic nitrogens is 3. The van der Waals surface area contributed by atoms with Crippen molar-refractivity contribution in [1.82, 2.24) is 20.1 Å². The van der Waals surface area contributed by atoms with Crippen LogP contribution in [-0.2, 0) is 16.0 Å². The first-order valence-corrected chi connectivity index (χ1v) is 7.83. The highest BCUT2D eigenvalue weighted by molar-refractivity contribution is 4.96. The van der Waals surface area contributed by atoms with Crippen LogP contribution in [0.1, 0.15) is 51.9 Å². The zero-order valence-corrected chi connectivity index (χ0v) is 13.3. The van der Waals surface area contributed by atoms with Gasteiger partial charge in [0.1, 0.15) is 12.2 Å². The van der Waals surface area contributed by atoms with Gasteiger partial charge in [0.15, 0.2) is 0 Å². The van der Waals surface area contributed by atoms with Crippen molar-refractivity contribution in [2.75, 3.05) is 19.8 Å². The van der Waals surface area contributed by atoms with Crippen LogP contribution < -0.4 is 5.32 Å². The Balaban J connectivity index is 1.70. The SMILES string of the molecule is CC(C)(C)NCc1ncnn1C1CCOC2(CCOC2)C1. The predicted octanol–water partition coefficient (Wildman–Crippen LogP) is 1.68. The highest BCUT2D eigenvalue weighted by Crippen LogP contribution is 2.37. The quantitative estimate of drug-likeness (QED) is 0.919. The van der Waals surface area contributed by atoms with E-state index >= 15 is 0 Å². The maximum atomic E-state index is 6.01. The van der Waals surface area contributed by atoms with E-state index in [9.17, 15) is 0 Å². The lowest BCUT2D eigenvalue weighted by Gasteiger charge is -2.37. The first-order valence-electron chi connectivity index (χ1n) is 7.83. The average Bonchev–Trinajstić information content (AvgIpc) is 3.05. The van der Waals surface area contributed by atoms with Crippen molar-refractivity contribution in [2.45, 2.75) is 63.8 Å². The molecule has 0 bridgehead atoms. The second-order valence-corrected chi connectivity index (χ2v) is 7.21. The van der Waals surface area contributed by atoms with Crippen LogP contribution in [0.25, 0.3) is 0 Å². The molecule has 2 aliphatic rings. The van der Waals surface area contributed by atoms with Crippen molar-refractivity contribution in [3.05, 3.63) is 12.2 Å². The van der Waals surface area contributed by atoms with Crippen LogP contribution >= 0.6 is 0 Å². The molecule has 1 aromatic rings. The normalized spacial score (nSPS) is 30.1. The molecule has 1 aromatic heterocycles. The van der Waals surface area contributed by atoms with Crippen LogP contribution in [0.5, 0.6) is 0 Å². The summed E-state index contributed by atoms with van der Waals surface area (Å²) in [5.74, 6) is 1.01. The fourth-order valence-corrected chi connectivity index (χ4v) is 3.12. The fraction of sp³-hybridized carbons (Fsp3) is 0.867. The smallest absolute Gasteiger partial charge is 0.141 e. The summed E-state index contributed by atoms with van der Waals surface area (Å²) in [7, 11) is 0. The van der Waals surface area contributed by atoms with Crippen LogP contribution in [-0.4, -0.2) is 45.7 Å². The molecule has 2 fully saturated rings. The lowest BCUT2D eigenvalue weighted by molar-refractivity contribution is -0.0966. The lowest BCUT2D eigenvalue weighted by Crippen LogP contribution is -2.42. The molecule has 6 heteroatoms. The highest BCUT2D eigenvalue weighted by atomic mass is 16.6. The van der Waals surface area contributed by atoms with E-state index in [2.05, 4.69) is 40.9 Å². The molecule has 118 valence electrons. The summed E-state index contributed by atoms with van der Waals surface area (Å²) in [5.41, 5.74) is -0.0173. The molecule has 21 heavy (non-hydrogen) atoms. The van der Waals surface area contributed by atoms with Crippen LogP contribution in [0.2, 0.25) is 0 Å². The van der Waals surface area contributed by atoms with E-state index < -0.39 is 0 Å². The van der Waals surface area contributed by atoms with E-state index in [4.69, 9.17) is 9.47 Å². The van der Waals surface area contributed by atoms with Crippen molar-refractivity contribution in [3.8, 4) is 0 Å². The minimum absolute atomic E-state index is 0.0764. The Bertz CT molecular complexity index is 474. The Morgan fingerprint density at radius 2 is 2.29 bits per heavy atom. The number of nitrogens with zero attached hydrogens (tertiary/aromatic N) is 3. The Morgan fingerprint density at radius 3 is 3.00 bits per heavy atom. The first kappa shape index (κ1) is 14.9. The number of hydrogen-bond donors (Lipinski definition) is 1. The highest BCUT2D eigenvalue weighted by Gasteiger charge is 2.42. The molecule has 0 radical (unpaired) electrons. The van der Waals surface area contributed by atoms with Gasteiger partial charge in [0, 0.05) is 31.6 Å². The van der Waals surface area contributed by atoms with Gasteiger partial charge < -0.3 is 14.8 Å². The molecular formula is C15H26N4O2.